The number of aliphatic hydroxyl groups is 1. The fourth-order valence-corrected chi connectivity index (χ4v) is 1.81. The van der Waals surface area contributed by atoms with Crippen LogP contribution in [0.4, 0.5) is 0 Å². The van der Waals surface area contributed by atoms with Gasteiger partial charge in [0.25, 0.3) is 0 Å². The maximum atomic E-state index is 9.55. The van der Waals surface area contributed by atoms with Gasteiger partial charge in [0.1, 0.15) is 0 Å². The van der Waals surface area contributed by atoms with Crippen LogP contribution in [0.5, 0.6) is 0 Å². The molecule has 0 bridgehead atoms. The largest absolute Gasteiger partial charge is 0.393 e. The quantitative estimate of drug-likeness (QED) is 0.630. The van der Waals surface area contributed by atoms with E-state index in [0.717, 1.165) is 19.4 Å². The zero-order chi connectivity index (χ0) is 8.48. The van der Waals surface area contributed by atoms with Crippen molar-refractivity contribution in [3.8, 4) is 0 Å². The van der Waals surface area contributed by atoms with E-state index in [1.54, 1.807) is 0 Å². The smallest absolute Gasteiger partial charge is 0.0578 e. The van der Waals surface area contributed by atoms with Crippen LogP contribution in [0.1, 0.15) is 33.6 Å². The van der Waals surface area contributed by atoms with E-state index in [9.17, 15) is 5.11 Å². The minimum Gasteiger partial charge on any atom is -0.393 e. The second kappa shape index (κ2) is 3.11. The summed E-state index contributed by atoms with van der Waals surface area (Å²) in [6, 6.07) is 0. The summed E-state index contributed by atoms with van der Waals surface area (Å²) in [5, 5.41) is 13.0. The highest BCUT2D eigenvalue weighted by molar-refractivity contribution is 4.91. The van der Waals surface area contributed by atoms with Gasteiger partial charge in [0.05, 0.1) is 6.10 Å². The molecule has 1 heterocycles. The first-order chi connectivity index (χ1) is 5.05. The molecule has 66 valence electrons. The van der Waals surface area contributed by atoms with Crippen LogP contribution < -0.4 is 5.32 Å². The van der Waals surface area contributed by atoms with Gasteiger partial charge in [0, 0.05) is 12.1 Å². The van der Waals surface area contributed by atoms with E-state index in [-0.39, 0.29) is 11.6 Å². The van der Waals surface area contributed by atoms with Crippen molar-refractivity contribution in [1.82, 2.24) is 5.32 Å². The second-order valence-corrected chi connectivity index (χ2v) is 4.20. The van der Waals surface area contributed by atoms with Gasteiger partial charge in [-0.15, -0.1) is 0 Å². The zero-order valence-electron chi connectivity index (χ0n) is 7.72. The van der Waals surface area contributed by atoms with Gasteiger partial charge in [-0.25, -0.2) is 0 Å². The predicted molar refractivity (Wildman–Crippen MR) is 46.5 cm³/mol. The van der Waals surface area contributed by atoms with Crippen LogP contribution in [-0.2, 0) is 0 Å². The molecule has 0 amide bonds. The van der Waals surface area contributed by atoms with Gasteiger partial charge < -0.3 is 10.4 Å². The van der Waals surface area contributed by atoms with Crippen molar-refractivity contribution >= 4 is 0 Å². The normalized spacial score (nSPS) is 32.2. The van der Waals surface area contributed by atoms with Crippen molar-refractivity contribution in [2.75, 3.05) is 6.54 Å². The van der Waals surface area contributed by atoms with E-state index in [1.165, 1.54) is 0 Å². The SMILES string of the molecule is CCC(O)C1CNC(C)(C)C1. The molecule has 1 saturated heterocycles. The molecule has 0 radical (unpaired) electrons. The fraction of sp³-hybridized carbons (Fsp3) is 1.00. The van der Waals surface area contributed by atoms with Gasteiger partial charge in [-0.1, -0.05) is 6.92 Å². The molecule has 1 rings (SSSR count). The molecule has 0 spiro atoms. The van der Waals surface area contributed by atoms with E-state index in [1.807, 2.05) is 6.92 Å². The lowest BCUT2D eigenvalue weighted by Crippen LogP contribution is -2.31. The lowest BCUT2D eigenvalue weighted by molar-refractivity contribution is 0.110. The van der Waals surface area contributed by atoms with Crippen LogP contribution in [0.25, 0.3) is 0 Å². The first kappa shape index (κ1) is 9.01. The number of rotatable bonds is 2. The van der Waals surface area contributed by atoms with Crippen molar-refractivity contribution < 1.29 is 5.11 Å². The molecule has 1 fully saturated rings. The van der Waals surface area contributed by atoms with E-state index in [0.29, 0.717) is 5.92 Å². The number of nitrogens with one attached hydrogen (secondary N) is 1. The first-order valence-electron chi connectivity index (χ1n) is 4.48. The molecule has 2 heteroatoms. The number of hydrogen-bond donors (Lipinski definition) is 2. The third kappa shape index (κ3) is 2.17. The maximum absolute atomic E-state index is 9.55. The molecule has 0 aromatic rings. The maximum Gasteiger partial charge on any atom is 0.0578 e. The summed E-state index contributed by atoms with van der Waals surface area (Å²) in [5.41, 5.74) is 0.237. The summed E-state index contributed by atoms with van der Waals surface area (Å²) in [6.45, 7) is 7.39. The molecule has 1 aliphatic heterocycles. The Morgan fingerprint density at radius 2 is 2.27 bits per heavy atom. The van der Waals surface area contributed by atoms with Gasteiger partial charge in [0.2, 0.25) is 0 Å². The predicted octanol–water partition coefficient (Wildman–Crippen LogP) is 1.15. The van der Waals surface area contributed by atoms with Crippen LogP contribution in [-0.4, -0.2) is 23.3 Å². The van der Waals surface area contributed by atoms with E-state index >= 15 is 0 Å². The average molecular weight is 157 g/mol. The summed E-state index contributed by atoms with van der Waals surface area (Å²) in [5.74, 6) is 0.468. The van der Waals surface area contributed by atoms with Crippen LogP contribution in [0.3, 0.4) is 0 Å². The molecule has 2 nitrogen and oxygen atoms in total. The van der Waals surface area contributed by atoms with Gasteiger partial charge >= 0.3 is 0 Å². The van der Waals surface area contributed by atoms with E-state index in [2.05, 4.69) is 19.2 Å². The van der Waals surface area contributed by atoms with Gasteiger partial charge in [0.15, 0.2) is 0 Å². The minimum absolute atomic E-state index is 0.107. The zero-order valence-corrected chi connectivity index (χ0v) is 7.72. The van der Waals surface area contributed by atoms with Crippen LogP contribution in [0.15, 0.2) is 0 Å². The molecule has 2 unspecified atom stereocenters. The van der Waals surface area contributed by atoms with Gasteiger partial charge in [-0.2, -0.15) is 0 Å². The highest BCUT2D eigenvalue weighted by Gasteiger charge is 2.33. The molecule has 2 N–H and O–H groups in total. The summed E-state index contributed by atoms with van der Waals surface area (Å²) >= 11 is 0. The number of hydrogen-bond acceptors (Lipinski definition) is 2. The molecule has 0 aliphatic carbocycles. The van der Waals surface area contributed by atoms with Gasteiger partial charge in [-0.3, -0.25) is 0 Å². The lowest BCUT2D eigenvalue weighted by Gasteiger charge is -2.19. The van der Waals surface area contributed by atoms with Crippen molar-refractivity contribution in [2.24, 2.45) is 5.92 Å². The molecule has 0 aromatic carbocycles. The molecule has 2 atom stereocenters. The highest BCUT2D eigenvalue weighted by Crippen LogP contribution is 2.26. The van der Waals surface area contributed by atoms with Crippen molar-refractivity contribution in [1.29, 1.82) is 0 Å². The summed E-state index contributed by atoms with van der Waals surface area (Å²) < 4.78 is 0. The average Bonchev–Trinajstić information content (AvgIpc) is 2.29. The molecule has 0 aromatic heterocycles. The highest BCUT2D eigenvalue weighted by atomic mass is 16.3. The van der Waals surface area contributed by atoms with Crippen LogP contribution in [0.2, 0.25) is 0 Å². The summed E-state index contributed by atoms with van der Waals surface area (Å²) in [4.78, 5) is 0. The van der Waals surface area contributed by atoms with E-state index < -0.39 is 0 Å². The molecule has 1 aliphatic rings. The van der Waals surface area contributed by atoms with Gasteiger partial charge in [-0.05, 0) is 32.6 Å². The Balaban J connectivity index is 2.41. The third-order valence-corrected chi connectivity index (χ3v) is 2.58. The fourth-order valence-electron chi connectivity index (χ4n) is 1.81. The molecular formula is C9H19NO. The monoisotopic (exact) mass is 157 g/mol. The lowest BCUT2D eigenvalue weighted by atomic mass is 9.92. The minimum atomic E-state index is -0.107. The van der Waals surface area contributed by atoms with Crippen molar-refractivity contribution in [2.45, 2.75) is 45.3 Å². The molecule has 0 saturated carbocycles. The van der Waals surface area contributed by atoms with Crippen molar-refractivity contribution in [3.63, 3.8) is 0 Å². The van der Waals surface area contributed by atoms with Crippen LogP contribution in [0, 0.1) is 5.92 Å². The third-order valence-electron chi connectivity index (χ3n) is 2.58. The van der Waals surface area contributed by atoms with E-state index in [4.69, 9.17) is 0 Å². The molecular weight excluding hydrogens is 138 g/mol. The Labute approximate surface area is 69.0 Å². The first-order valence-corrected chi connectivity index (χ1v) is 4.48. The Morgan fingerprint density at radius 1 is 1.64 bits per heavy atom. The summed E-state index contributed by atoms with van der Waals surface area (Å²) in [6.07, 6.45) is 1.87. The Kier molecular flexibility index (Phi) is 2.55. The van der Waals surface area contributed by atoms with Crippen LogP contribution >= 0.6 is 0 Å². The molecule has 11 heavy (non-hydrogen) atoms. The number of aliphatic hydroxyl groups excluding tert-OH is 1. The topological polar surface area (TPSA) is 32.3 Å². The Bertz CT molecular complexity index is 134. The standard InChI is InChI=1S/C9H19NO/c1-4-8(11)7-5-9(2,3)10-6-7/h7-8,10-11H,4-6H2,1-3H3. The Hall–Kier alpha value is -0.0800. The second-order valence-electron chi connectivity index (χ2n) is 4.20. The summed E-state index contributed by atoms with van der Waals surface area (Å²) in [7, 11) is 0. The van der Waals surface area contributed by atoms with Crippen molar-refractivity contribution in [3.05, 3.63) is 0 Å². The Morgan fingerprint density at radius 3 is 2.64 bits per heavy atom.